The lowest BCUT2D eigenvalue weighted by Gasteiger charge is -2.05. The van der Waals surface area contributed by atoms with Crippen LogP contribution in [0.1, 0.15) is 18.6 Å². The van der Waals surface area contributed by atoms with E-state index in [0.717, 1.165) is 14.5 Å². The van der Waals surface area contributed by atoms with Crippen molar-refractivity contribution in [3.8, 4) is 0 Å². The van der Waals surface area contributed by atoms with Crippen molar-refractivity contribution in [3.63, 3.8) is 0 Å². The van der Waals surface area contributed by atoms with Gasteiger partial charge in [-0.1, -0.05) is 6.07 Å². The lowest BCUT2D eigenvalue weighted by atomic mass is 10.1. The van der Waals surface area contributed by atoms with E-state index in [9.17, 15) is 5.11 Å². The zero-order chi connectivity index (χ0) is 8.43. The van der Waals surface area contributed by atoms with E-state index in [1.165, 1.54) is 0 Å². The summed E-state index contributed by atoms with van der Waals surface area (Å²) in [6.45, 7) is 1.75. The third-order valence-corrected chi connectivity index (χ3v) is 3.31. The molecule has 1 aromatic rings. The van der Waals surface area contributed by atoms with Gasteiger partial charge in [0.1, 0.15) is 0 Å². The van der Waals surface area contributed by atoms with Crippen molar-refractivity contribution in [2.24, 2.45) is 0 Å². The fourth-order valence-corrected chi connectivity index (χ4v) is 1.42. The Morgan fingerprint density at radius 2 is 1.91 bits per heavy atom. The van der Waals surface area contributed by atoms with Crippen LogP contribution in [0.3, 0.4) is 0 Å². The van der Waals surface area contributed by atoms with E-state index in [0.29, 0.717) is 0 Å². The summed E-state index contributed by atoms with van der Waals surface area (Å²) in [5.41, 5.74) is 0.917. The molecule has 0 bridgehead atoms. The summed E-state index contributed by atoms with van der Waals surface area (Å²) in [4.78, 5) is 0. The van der Waals surface area contributed by atoms with Gasteiger partial charge in [-0.15, -0.1) is 0 Å². The lowest BCUT2D eigenvalue weighted by molar-refractivity contribution is 0.199. The van der Waals surface area contributed by atoms with Crippen LogP contribution in [0.4, 0.5) is 0 Å². The van der Waals surface area contributed by atoms with Crippen LogP contribution in [-0.4, -0.2) is 5.11 Å². The van der Waals surface area contributed by atoms with Crippen LogP contribution in [0.15, 0.2) is 27.1 Å². The zero-order valence-corrected chi connectivity index (χ0v) is 9.18. The molecule has 0 aliphatic rings. The van der Waals surface area contributed by atoms with Gasteiger partial charge in [-0.2, -0.15) is 0 Å². The summed E-state index contributed by atoms with van der Waals surface area (Å²) >= 11 is 6.71. The van der Waals surface area contributed by atoms with Gasteiger partial charge in [0.2, 0.25) is 0 Å². The first-order chi connectivity index (χ1) is 5.11. The zero-order valence-electron chi connectivity index (χ0n) is 6.01. The van der Waals surface area contributed by atoms with Crippen LogP contribution in [0.25, 0.3) is 0 Å². The average Bonchev–Trinajstić information content (AvgIpc) is 1.94. The SMILES string of the molecule is C[C@@H](O)c1ccc(Br)c(Br)c1. The summed E-state index contributed by atoms with van der Waals surface area (Å²) in [6.07, 6.45) is -0.403. The third-order valence-electron chi connectivity index (χ3n) is 1.43. The second-order valence-corrected chi connectivity index (χ2v) is 4.06. The smallest absolute Gasteiger partial charge is 0.0762 e. The first-order valence-electron chi connectivity index (χ1n) is 3.24. The summed E-state index contributed by atoms with van der Waals surface area (Å²) in [6, 6.07) is 5.69. The highest BCUT2D eigenvalue weighted by Crippen LogP contribution is 2.26. The minimum absolute atomic E-state index is 0.403. The fraction of sp³-hybridized carbons (Fsp3) is 0.250. The van der Waals surface area contributed by atoms with Gasteiger partial charge >= 0.3 is 0 Å². The number of halogens is 2. The highest BCUT2D eigenvalue weighted by atomic mass is 79.9. The highest BCUT2D eigenvalue weighted by Gasteiger charge is 2.02. The summed E-state index contributed by atoms with van der Waals surface area (Å²) < 4.78 is 1.97. The molecule has 3 heteroatoms. The van der Waals surface area contributed by atoms with E-state index in [2.05, 4.69) is 31.9 Å². The monoisotopic (exact) mass is 278 g/mol. The molecule has 1 nitrogen and oxygen atoms in total. The van der Waals surface area contributed by atoms with Crippen LogP contribution in [0.2, 0.25) is 0 Å². The number of hydrogen-bond donors (Lipinski definition) is 1. The maximum Gasteiger partial charge on any atom is 0.0762 e. The van der Waals surface area contributed by atoms with Crippen molar-refractivity contribution in [2.75, 3.05) is 0 Å². The summed E-state index contributed by atoms with van der Waals surface area (Å²) in [5.74, 6) is 0. The molecule has 0 spiro atoms. The van der Waals surface area contributed by atoms with E-state index < -0.39 is 6.10 Å². The summed E-state index contributed by atoms with van der Waals surface area (Å²) in [7, 11) is 0. The Morgan fingerprint density at radius 1 is 1.27 bits per heavy atom. The molecule has 60 valence electrons. The Bertz CT molecular complexity index is 258. The van der Waals surface area contributed by atoms with Gasteiger partial charge in [-0.25, -0.2) is 0 Å². The average molecular weight is 280 g/mol. The van der Waals surface area contributed by atoms with Crippen LogP contribution >= 0.6 is 31.9 Å². The maximum atomic E-state index is 9.20. The minimum Gasteiger partial charge on any atom is -0.389 e. The molecule has 1 atom stereocenters. The van der Waals surface area contributed by atoms with E-state index in [1.807, 2.05) is 18.2 Å². The molecule has 1 N–H and O–H groups in total. The predicted molar refractivity (Wildman–Crippen MR) is 52.5 cm³/mol. The maximum absolute atomic E-state index is 9.20. The predicted octanol–water partition coefficient (Wildman–Crippen LogP) is 3.26. The molecule has 1 rings (SSSR count). The Kier molecular flexibility index (Phi) is 3.10. The summed E-state index contributed by atoms with van der Waals surface area (Å²) in [5, 5.41) is 9.20. The largest absolute Gasteiger partial charge is 0.389 e. The van der Waals surface area contributed by atoms with E-state index >= 15 is 0 Å². The molecule has 0 heterocycles. The Balaban J connectivity index is 3.05. The molecular formula is C8H8Br2O. The van der Waals surface area contributed by atoms with Gasteiger partial charge < -0.3 is 5.11 Å². The van der Waals surface area contributed by atoms with Crippen LogP contribution < -0.4 is 0 Å². The van der Waals surface area contributed by atoms with Crippen molar-refractivity contribution in [3.05, 3.63) is 32.7 Å². The second kappa shape index (κ2) is 3.70. The molecule has 0 saturated heterocycles. The van der Waals surface area contributed by atoms with Gasteiger partial charge in [0.15, 0.2) is 0 Å². The van der Waals surface area contributed by atoms with E-state index in [1.54, 1.807) is 6.92 Å². The highest BCUT2D eigenvalue weighted by molar-refractivity contribution is 9.13. The quantitative estimate of drug-likeness (QED) is 0.837. The number of rotatable bonds is 1. The van der Waals surface area contributed by atoms with Crippen molar-refractivity contribution in [1.82, 2.24) is 0 Å². The Hall–Kier alpha value is 0.140. The Labute approximate surface area is 82.7 Å². The number of aliphatic hydroxyl groups is 1. The lowest BCUT2D eigenvalue weighted by Crippen LogP contribution is -1.89. The van der Waals surface area contributed by atoms with Gasteiger partial charge in [0, 0.05) is 8.95 Å². The number of benzene rings is 1. The molecule has 0 unspecified atom stereocenters. The van der Waals surface area contributed by atoms with Crippen LogP contribution in [0.5, 0.6) is 0 Å². The van der Waals surface area contributed by atoms with Crippen molar-refractivity contribution < 1.29 is 5.11 Å². The molecule has 0 amide bonds. The minimum atomic E-state index is -0.403. The van der Waals surface area contributed by atoms with E-state index in [-0.39, 0.29) is 0 Å². The second-order valence-electron chi connectivity index (χ2n) is 2.35. The van der Waals surface area contributed by atoms with Crippen LogP contribution in [-0.2, 0) is 0 Å². The standard InChI is InChI=1S/C8H8Br2O/c1-5(11)6-2-3-7(9)8(10)4-6/h2-5,11H,1H3/t5-/m1/s1. The molecule has 1 aromatic carbocycles. The molecular weight excluding hydrogens is 272 g/mol. The molecule has 11 heavy (non-hydrogen) atoms. The topological polar surface area (TPSA) is 20.2 Å². The van der Waals surface area contributed by atoms with Crippen molar-refractivity contribution in [1.29, 1.82) is 0 Å². The fourth-order valence-electron chi connectivity index (χ4n) is 0.772. The van der Waals surface area contributed by atoms with Crippen molar-refractivity contribution >= 4 is 31.9 Å². The Morgan fingerprint density at radius 3 is 2.36 bits per heavy atom. The van der Waals surface area contributed by atoms with Gasteiger partial charge in [0.05, 0.1) is 6.10 Å². The normalized spacial score (nSPS) is 13.1. The molecule has 0 aliphatic carbocycles. The van der Waals surface area contributed by atoms with Gasteiger partial charge in [0.25, 0.3) is 0 Å². The van der Waals surface area contributed by atoms with E-state index in [4.69, 9.17) is 0 Å². The first kappa shape index (κ1) is 9.23. The molecule has 0 fully saturated rings. The first-order valence-corrected chi connectivity index (χ1v) is 4.83. The van der Waals surface area contributed by atoms with Crippen LogP contribution in [0, 0.1) is 0 Å². The number of aliphatic hydroxyl groups excluding tert-OH is 1. The molecule has 0 saturated carbocycles. The molecule has 0 radical (unpaired) electrons. The molecule has 0 aliphatic heterocycles. The van der Waals surface area contributed by atoms with Gasteiger partial charge in [-0.3, -0.25) is 0 Å². The van der Waals surface area contributed by atoms with Crippen molar-refractivity contribution in [2.45, 2.75) is 13.0 Å². The van der Waals surface area contributed by atoms with Gasteiger partial charge in [-0.05, 0) is 56.5 Å². The third kappa shape index (κ3) is 2.29. The number of hydrogen-bond acceptors (Lipinski definition) is 1. The molecule has 0 aromatic heterocycles.